The van der Waals surface area contributed by atoms with Gasteiger partial charge >= 0.3 is 0 Å². The molecule has 0 aromatic heterocycles. The number of allylic oxidation sites excluding steroid dienone is 1. The topological polar surface area (TPSA) is 93.1 Å². The van der Waals surface area contributed by atoms with Gasteiger partial charge in [0.1, 0.15) is 11.5 Å². The molecule has 6 nitrogen and oxygen atoms in total. The van der Waals surface area contributed by atoms with E-state index in [-0.39, 0.29) is 40.4 Å². The van der Waals surface area contributed by atoms with Crippen LogP contribution in [0.2, 0.25) is 0 Å². The van der Waals surface area contributed by atoms with Gasteiger partial charge in [0.25, 0.3) is 0 Å². The highest BCUT2D eigenvalue weighted by molar-refractivity contribution is 6.28. The normalized spacial score (nSPS) is 15.3. The van der Waals surface area contributed by atoms with Gasteiger partial charge in [-0.3, -0.25) is 9.59 Å². The molecule has 23 heavy (non-hydrogen) atoms. The number of phenols is 1. The van der Waals surface area contributed by atoms with Crippen LogP contribution in [0.25, 0.3) is 0 Å². The summed E-state index contributed by atoms with van der Waals surface area (Å²) in [5.41, 5.74) is 0.278. The van der Waals surface area contributed by atoms with Crippen molar-refractivity contribution in [3.63, 3.8) is 0 Å². The number of phenolic OH excluding ortho intramolecular Hbond substituents is 1. The molecule has 0 bridgehead atoms. The fourth-order valence-corrected chi connectivity index (χ4v) is 2.47. The molecule has 1 aromatic carbocycles. The van der Waals surface area contributed by atoms with Gasteiger partial charge in [-0.05, 0) is 19.1 Å². The predicted octanol–water partition coefficient (Wildman–Crippen LogP) is 2.01. The molecule has 0 amide bonds. The maximum Gasteiger partial charge on any atom is 0.232 e. The number of aliphatic hydroxyl groups is 1. The molecule has 2 rings (SSSR count). The third-order valence-electron chi connectivity index (χ3n) is 3.74. The Hall–Kier alpha value is -2.60. The Kier molecular flexibility index (Phi) is 4.56. The minimum absolute atomic E-state index is 0.00375. The standard InChI is InChI=1S/C17H18O6/c1-8(2)11(19)7-9-15(20)13-10(18)5-6-12(22-3)14(13)16(21)17(9)23-4/h5-6,11,18-19H,1,7H2,2-4H3/t11-/m1/s1. The molecular weight excluding hydrogens is 300 g/mol. The van der Waals surface area contributed by atoms with Gasteiger partial charge in [0.2, 0.25) is 5.78 Å². The largest absolute Gasteiger partial charge is 0.507 e. The summed E-state index contributed by atoms with van der Waals surface area (Å²) in [7, 11) is 2.63. The number of fused-ring (bicyclic) bond motifs is 1. The lowest BCUT2D eigenvalue weighted by atomic mass is 9.84. The lowest BCUT2D eigenvalue weighted by molar-refractivity contribution is 0.0889. The van der Waals surface area contributed by atoms with E-state index in [4.69, 9.17) is 9.47 Å². The monoisotopic (exact) mass is 318 g/mol. The number of carbonyl (C=O) groups is 2. The van der Waals surface area contributed by atoms with Crippen molar-refractivity contribution in [1.29, 1.82) is 0 Å². The lowest BCUT2D eigenvalue weighted by Gasteiger charge is -2.23. The fraction of sp³-hybridized carbons (Fsp3) is 0.294. The molecule has 0 unspecified atom stereocenters. The van der Waals surface area contributed by atoms with Gasteiger partial charge in [0.05, 0.1) is 31.5 Å². The van der Waals surface area contributed by atoms with Crippen molar-refractivity contribution in [2.24, 2.45) is 0 Å². The van der Waals surface area contributed by atoms with Crippen molar-refractivity contribution < 1.29 is 29.3 Å². The van der Waals surface area contributed by atoms with Crippen molar-refractivity contribution in [3.05, 3.63) is 46.7 Å². The van der Waals surface area contributed by atoms with Gasteiger partial charge < -0.3 is 19.7 Å². The first kappa shape index (κ1) is 16.8. The first-order valence-electron chi connectivity index (χ1n) is 6.93. The van der Waals surface area contributed by atoms with Gasteiger partial charge in [-0.1, -0.05) is 12.2 Å². The summed E-state index contributed by atoms with van der Waals surface area (Å²) in [5, 5.41) is 20.0. The smallest absolute Gasteiger partial charge is 0.232 e. The van der Waals surface area contributed by atoms with E-state index in [2.05, 4.69) is 6.58 Å². The number of aromatic hydroxyl groups is 1. The van der Waals surface area contributed by atoms with Crippen LogP contribution >= 0.6 is 0 Å². The molecule has 0 saturated carbocycles. The van der Waals surface area contributed by atoms with Gasteiger partial charge in [0, 0.05) is 12.0 Å². The zero-order chi connectivity index (χ0) is 17.3. The van der Waals surface area contributed by atoms with E-state index in [1.807, 2.05) is 0 Å². The highest BCUT2D eigenvalue weighted by Gasteiger charge is 2.38. The molecule has 0 aliphatic heterocycles. The van der Waals surface area contributed by atoms with Gasteiger partial charge in [-0.2, -0.15) is 0 Å². The molecule has 122 valence electrons. The summed E-state index contributed by atoms with van der Waals surface area (Å²) in [6.07, 6.45) is -1.12. The molecule has 6 heteroatoms. The zero-order valence-electron chi connectivity index (χ0n) is 13.2. The van der Waals surface area contributed by atoms with Crippen LogP contribution in [0.3, 0.4) is 0 Å². The minimum atomic E-state index is -0.999. The highest BCUT2D eigenvalue weighted by Crippen LogP contribution is 2.39. The molecule has 1 atom stereocenters. The Morgan fingerprint density at radius 1 is 1.17 bits per heavy atom. The van der Waals surface area contributed by atoms with Crippen LogP contribution < -0.4 is 4.74 Å². The van der Waals surface area contributed by atoms with E-state index in [0.717, 1.165) is 0 Å². The maximum atomic E-state index is 12.7. The number of ether oxygens (including phenoxy) is 2. The van der Waals surface area contributed by atoms with Crippen molar-refractivity contribution in [2.45, 2.75) is 19.4 Å². The second-order valence-corrected chi connectivity index (χ2v) is 5.27. The Bertz CT molecular complexity index is 729. The van der Waals surface area contributed by atoms with Crippen LogP contribution in [0.4, 0.5) is 0 Å². The second kappa shape index (κ2) is 6.26. The average molecular weight is 318 g/mol. The summed E-state index contributed by atoms with van der Waals surface area (Å²) in [5.74, 6) is -1.46. The van der Waals surface area contributed by atoms with E-state index in [1.165, 1.54) is 26.4 Å². The number of benzene rings is 1. The number of hydrogen-bond donors (Lipinski definition) is 2. The molecule has 1 aliphatic carbocycles. The van der Waals surface area contributed by atoms with Crippen LogP contribution in [0.15, 0.2) is 35.6 Å². The molecule has 0 fully saturated rings. The first-order valence-corrected chi connectivity index (χ1v) is 6.93. The van der Waals surface area contributed by atoms with Gasteiger partial charge in [-0.15, -0.1) is 0 Å². The van der Waals surface area contributed by atoms with Crippen molar-refractivity contribution in [1.82, 2.24) is 0 Å². The Morgan fingerprint density at radius 2 is 1.83 bits per heavy atom. The molecular formula is C17H18O6. The van der Waals surface area contributed by atoms with Crippen LogP contribution in [0, 0.1) is 0 Å². The van der Waals surface area contributed by atoms with E-state index in [1.54, 1.807) is 6.92 Å². The van der Waals surface area contributed by atoms with Crippen LogP contribution in [0.1, 0.15) is 34.1 Å². The van der Waals surface area contributed by atoms with Gasteiger partial charge in [0.15, 0.2) is 11.5 Å². The number of hydrogen-bond acceptors (Lipinski definition) is 6. The predicted molar refractivity (Wildman–Crippen MR) is 82.8 cm³/mol. The molecule has 0 saturated heterocycles. The summed E-state index contributed by atoms with van der Waals surface area (Å²) in [4.78, 5) is 25.4. The number of aliphatic hydroxyl groups excluding tert-OH is 1. The lowest BCUT2D eigenvalue weighted by Crippen LogP contribution is -2.26. The number of carbonyl (C=O) groups excluding carboxylic acids is 2. The molecule has 2 N–H and O–H groups in total. The Labute approximate surface area is 133 Å². The van der Waals surface area contributed by atoms with Crippen LogP contribution in [-0.4, -0.2) is 42.1 Å². The summed E-state index contributed by atoms with van der Waals surface area (Å²) >= 11 is 0. The quantitative estimate of drug-likeness (QED) is 0.807. The summed E-state index contributed by atoms with van der Waals surface area (Å²) in [6.45, 7) is 5.24. The molecule has 1 aromatic rings. The summed E-state index contributed by atoms with van der Waals surface area (Å²) < 4.78 is 10.2. The van der Waals surface area contributed by atoms with Crippen molar-refractivity contribution in [2.75, 3.05) is 14.2 Å². The van der Waals surface area contributed by atoms with Crippen LogP contribution in [-0.2, 0) is 4.74 Å². The second-order valence-electron chi connectivity index (χ2n) is 5.27. The van der Waals surface area contributed by atoms with E-state index in [9.17, 15) is 19.8 Å². The van der Waals surface area contributed by atoms with E-state index >= 15 is 0 Å². The summed E-state index contributed by atoms with van der Waals surface area (Å²) in [6, 6.07) is 2.69. The number of ketones is 2. The van der Waals surface area contributed by atoms with Crippen molar-refractivity contribution in [3.8, 4) is 11.5 Å². The first-order chi connectivity index (χ1) is 10.8. The van der Waals surface area contributed by atoms with E-state index in [0.29, 0.717) is 5.57 Å². The minimum Gasteiger partial charge on any atom is -0.507 e. The Morgan fingerprint density at radius 3 is 2.35 bits per heavy atom. The maximum absolute atomic E-state index is 12.7. The molecule has 0 spiro atoms. The average Bonchev–Trinajstić information content (AvgIpc) is 2.52. The third-order valence-corrected chi connectivity index (χ3v) is 3.74. The van der Waals surface area contributed by atoms with Crippen molar-refractivity contribution >= 4 is 11.6 Å². The number of methoxy groups -OCH3 is 2. The molecule has 1 aliphatic rings. The van der Waals surface area contributed by atoms with Crippen LogP contribution in [0.5, 0.6) is 11.5 Å². The number of rotatable bonds is 5. The molecule has 0 heterocycles. The molecule has 0 radical (unpaired) electrons. The number of Topliss-reactive ketones (excluding diaryl/α,β-unsaturated/α-hetero) is 2. The zero-order valence-corrected chi connectivity index (χ0v) is 13.2. The highest BCUT2D eigenvalue weighted by atomic mass is 16.5. The Balaban J connectivity index is 2.66. The van der Waals surface area contributed by atoms with E-state index < -0.39 is 17.7 Å². The third kappa shape index (κ3) is 2.73. The fourth-order valence-electron chi connectivity index (χ4n) is 2.47. The van der Waals surface area contributed by atoms with Gasteiger partial charge in [-0.25, -0.2) is 0 Å². The SMILES string of the molecule is C=C(C)[C@H](O)CC1=C(OC)C(=O)c2c(OC)ccc(O)c2C1=O.